The van der Waals surface area contributed by atoms with Crippen molar-refractivity contribution in [2.45, 2.75) is 16.7 Å². The first-order valence-electron chi connectivity index (χ1n) is 9.96. The molecule has 0 unspecified atom stereocenters. The number of morpholine rings is 1. The van der Waals surface area contributed by atoms with Crippen LogP contribution in [0.3, 0.4) is 0 Å². The van der Waals surface area contributed by atoms with Gasteiger partial charge in [-0.2, -0.15) is 0 Å². The number of H-pyrrole nitrogens is 1. The van der Waals surface area contributed by atoms with Crippen LogP contribution in [0.5, 0.6) is 11.5 Å². The Hall–Kier alpha value is -2.84. The van der Waals surface area contributed by atoms with Crippen molar-refractivity contribution in [3.05, 3.63) is 48.2 Å². The van der Waals surface area contributed by atoms with Crippen LogP contribution in [0.25, 0.3) is 10.9 Å². The van der Waals surface area contributed by atoms with E-state index >= 15 is 0 Å². The normalized spacial score (nSPS) is 16.6. The zero-order valence-corrected chi connectivity index (χ0v) is 17.5. The number of hydrogen-bond donors (Lipinski definition) is 0. The summed E-state index contributed by atoms with van der Waals surface area (Å²) >= 11 is 0. The smallest absolute Gasteiger partial charge is 0.217 e. The van der Waals surface area contributed by atoms with Crippen molar-refractivity contribution in [2.75, 3.05) is 44.4 Å². The van der Waals surface area contributed by atoms with Crippen LogP contribution in [0.1, 0.15) is 5.56 Å². The van der Waals surface area contributed by atoms with Crippen LogP contribution < -0.4 is 19.4 Å². The van der Waals surface area contributed by atoms with E-state index in [4.69, 9.17) is 14.2 Å². The Kier molecular flexibility index (Phi) is 4.75. The van der Waals surface area contributed by atoms with Crippen molar-refractivity contribution in [3.63, 3.8) is 0 Å². The summed E-state index contributed by atoms with van der Waals surface area (Å²) in [4.78, 5) is 5.76. The molecule has 0 radical (unpaired) electrons. The zero-order valence-electron chi connectivity index (χ0n) is 16.7. The fourth-order valence-corrected chi connectivity index (χ4v) is 5.37. The number of hydrogen-bond acceptors (Lipinski definition) is 6. The lowest BCUT2D eigenvalue weighted by Gasteiger charge is -2.30. The number of nitrogens with one attached hydrogen (secondary N) is 1. The van der Waals surface area contributed by atoms with Crippen molar-refractivity contribution in [3.8, 4) is 11.5 Å². The van der Waals surface area contributed by atoms with Crippen LogP contribution in [0.15, 0.2) is 52.4 Å². The number of sulfone groups is 1. The second-order valence-electron chi connectivity index (χ2n) is 7.46. The number of aromatic amines is 1. The molecule has 2 aliphatic heterocycles. The summed E-state index contributed by atoms with van der Waals surface area (Å²) in [5, 5.41) is 0.786. The van der Waals surface area contributed by atoms with Crippen molar-refractivity contribution in [1.29, 1.82) is 0 Å². The first-order chi connectivity index (χ1) is 14.5. The molecule has 3 aromatic rings. The molecule has 0 bridgehead atoms. The molecule has 0 spiro atoms. The van der Waals surface area contributed by atoms with Crippen molar-refractivity contribution in [1.82, 2.24) is 0 Å². The maximum absolute atomic E-state index is 13.6. The first kappa shape index (κ1) is 19.1. The summed E-state index contributed by atoms with van der Waals surface area (Å²) in [6.07, 6.45) is 1.58. The van der Waals surface area contributed by atoms with Crippen LogP contribution in [0.4, 0.5) is 5.69 Å². The van der Waals surface area contributed by atoms with Gasteiger partial charge in [0.1, 0.15) is 13.2 Å². The minimum absolute atomic E-state index is 0.248. The van der Waals surface area contributed by atoms with Gasteiger partial charge in [0.15, 0.2) is 22.6 Å². The van der Waals surface area contributed by atoms with E-state index in [1.807, 2.05) is 31.2 Å². The van der Waals surface area contributed by atoms with Gasteiger partial charge >= 0.3 is 0 Å². The molecule has 1 aromatic heterocycles. The molecule has 2 aliphatic rings. The Balaban J connectivity index is 1.75. The molecule has 1 saturated heterocycles. The van der Waals surface area contributed by atoms with Crippen molar-refractivity contribution >= 4 is 26.4 Å². The fraction of sp³-hybridized carbons (Fsp3) is 0.318. The van der Waals surface area contributed by atoms with Crippen LogP contribution >= 0.6 is 0 Å². The lowest BCUT2D eigenvalue weighted by atomic mass is 10.1. The van der Waals surface area contributed by atoms with Gasteiger partial charge in [0.2, 0.25) is 15.4 Å². The van der Waals surface area contributed by atoms with Gasteiger partial charge in [-0.25, -0.2) is 13.4 Å². The van der Waals surface area contributed by atoms with Crippen molar-refractivity contribution in [2.24, 2.45) is 0 Å². The Morgan fingerprint density at radius 2 is 1.60 bits per heavy atom. The summed E-state index contributed by atoms with van der Waals surface area (Å²) in [7, 11) is -3.73. The highest BCUT2D eigenvalue weighted by molar-refractivity contribution is 7.91. The quantitative estimate of drug-likeness (QED) is 0.639. The summed E-state index contributed by atoms with van der Waals surface area (Å²) in [6.45, 7) is 5.23. The zero-order chi connectivity index (χ0) is 20.7. The molecule has 3 heterocycles. The lowest BCUT2D eigenvalue weighted by Crippen LogP contribution is -2.37. The van der Waals surface area contributed by atoms with Gasteiger partial charge in [0, 0.05) is 19.2 Å². The Bertz CT molecular complexity index is 1200. The molecule has 7 nitrogen and oxygen atoms in total. The summed E-state index contributed by atoms with van der Waals surface area (Å²) in [5.74, 6) is 1.29. The predicted molar refractivity (Wildman–Crippen MR) is 111 cm³/mol. The topological polar surface area (TPSA) is 79.2 Å². The molecule has 0 atom stereocenters. The molecule has 1 fully saturated rings. The average molecular weight is 428 g/mol. The SMILES string of the molecule is Cc1ccc(S(=O)(=O)c2c[nH+]c3cc4c(cc3c2N2CCOCC2)OCCO4)cc1. The summed E-state index contributed by atoms with van der Waals surface area (Å²) in [5.41, 5.74) is 2.48. The second kappa shape index (κ2) is 7.45. The minimum atomic E-state index is -3.73. The van der Waals surface area contributed by atoms with Crippen LogP contribution in [-0.2, 0) is 14.6 Å². The average Bonchev–Trinajstić information content (AvgIpc) is 2.77. The minimum Gasteiger partial charge on any atom is -0.486 e. The van der Waals surface area contributed by atoms with E-state index in [1.165, 1.54) is 0 Å². The van der Waals surface area contributed by atoms with Gasteiger partial charge in [-0.1, -0.05) is 17.7 Å². The van der Waals surface area contributed by atoms with Gasteiger partial charge in [-0.15, -0.1) is 0 Å². The van der Waals surface area contributed by atoms with Crippen LogP contribution in [0.2, 0.25) is 0 Å². The number of pyridine rings is 1. The molecule has 0 saturated carbocycles. The largest absolute Gasteiger partial charge is 0.486 e. The number of aryl methyl sites for hydroxylation is 1. The van der Waals surface area contributed by atoms with E-state index in [2.05, 4.69) is 9.88 Å². The lowest BCUT2D eigenvalue weighted by molar-refractivity contribution is -0.347. The number of anilines is 1. The van der Waals surface area contributed by atoms with Gasteiger partial charge in [-0.3, -0.25) is 0 Å². The molecule has 30 heavy (non-hydrogen) atoms. The Morgan fingerprint density at radius 1 is 0.933 bits per heavy atom. The van der Waals surface area contributed by atoms with E-state index in [-0.39, 0.29) is 9.79 Å². The van der Waals surface area contributed by atoms with E-state index in [0.717, 1.165) is 16.5 Å². The third-order valence-electron chi connectivity index (χ3n) is 5.48. The summed E-state index contributed by atoms with van der Waals surface area (Å²) in [6, 6.07) is 10.7. The molecule has 2 aromatic carbocycles. The highest BCUT2D eigenvalue weighted by atomic mass is 32.2. The number of aromatic nitrogens is 1. The second-order valence-corrected chi connectivity index (χ2v) is 9.38. The molecule has 0 amide bonds. The molecule has 156 valence electrons. The monoisotopic (exact) mass is 427 g/mol. The maximum Gasteiger partial charge on any atom is 0.217 e. The number of nitrogens with zero attached hydrogens (tertiary/aromatic N) is 1. The fourth-order valence-electron chi connectivity index (χ4n) is 3.91. The Morgan fingerprint density at radius 3 is 2.30 bits per heavy atom. The van der Waals surface area contributed by atoms with Gasteiger partial charge in [0.25, 0.3) is 0 Å². The standard InChI is InChI=1S/C22H22N2O5S/c1-15-2-4-16(5-3-15)30(25,26)21-14-23-18-13-20-19(28-10-11-29-20)12-17(18)22(21)24-6-8-27-9-7-24/h2-5,12-14H,6-11H2,1H3/p+1. The highest BCUT2D eigenvalue weighted by Crippen LogP contribution is 2.40. The van der Waals surface area contributed by atoms with E-state index in [1.54, 1.807) is 18.3 Å². The summed E-state index contributed by atoms with van der Waals surface area (Å²) < 4.78 is 44.2. The van der Waals surface area contributed by atoms with Gasteiger partial charge < -0.3 is 19.1 Å². The van der Waals surface area contributed by atoms with E-state index < -0.39 is 9.84 Å². The Labute approximate surface area is 175 Å². The number of benzene rings is 2. The molecule has 8 heteroatoms. The number of fused-ring (bicyclic) bond motifs is 2. The molecular weight excluding hydrogens is 404 g/mol. The van der Waals surface area contributed by atoms with Crippen molar-refractivity contribution < 1.29 is 27.6 Å². The third-order valence-corrected chi connectivity index (χ3v) is 7.26. The highest BCUT2D eigenvalue weighted by Gasteiger charge is 2.31. The van der Waals surface area contributed by atoms with Gasteiger partial charge in [-0.05, 0) is 19.1 Å². The third kappa shape index (κ3) is 3.26. The molecule has 0 aliphatic carbocycles. The molecule has 5 rings (SSSR count). The molecular formula is C22H23N2O5S+. The number of ether oxygens (including phenoxy) is 3. The predicted octanol–water partition coefficient (Wildman–Crippen LogP) is 2.40. The van der Waals surface area contributed by atoms with E-state index in [9.17, 15) is 8.42 Å². The van der Waals surface area contributed by atoms with Gasteiger partial charge in [0.05, 0.1) is 35.2 Å². The van der Waals surface area contributed by atoms with E-state index in [0.29, 0.717) is 56.7 Å². The van der Waals surface area contributed by atoms with Crippen LogP contribution in [0, 0.1) is 6.92 Å². The molecule has 1 N–H and O–H groups in total. The maximum atomic E-state index is 13.6. The van der Waals surface area contributed by atoms with Crippen LogP contribution in [-0.4, -0.2) is 47.9 Å². The first-order valence-corrected chi connectivity index (χ1v) is 11.4. The number of rotatable bonds is 3.